The lowest BCUT2D eigenvalue weighted by Gasteiger charge is -2.16. The van der Waals surface area contributed by atoms with E-state index >= 15 is 0 Å². The molecule has 31 heavy (non-hydrogen) atoms. The summed E-state index contributed by atoms with van der Waals surface area (Å²) in [4.78, 5) is 26.7. The van der Waals surface area contributed by atoms with Crippen molar-refractivity contribution in [1.82, 2.24) is 10.3 Å². The highest BCUT2D eigenvalue weighted by atomic mass is 19.4. The monoisotopic (exact) mass is 426 g/mol. The number of hydrogen-bond donors (Lipinski definition) is 2. The Kier molecular flexibility index (Phi) is 5.21. The fourth-order valence-electron chi connectivity index (χ4n) is 3.97. The van der Waals surface area contributed by atoms with E-state index in [1.807, 2.05) is 24.3 Å². The molecular weight excluding hydrogens is 405 g/mol. The number of nitrogens with one attached hydrogen (secondary N) is 2. The quantitative estimate of drug-likeness (QED) is 0.616. The lowest BCUT2D eigenvalue weighted by atomic mass is 10.00. The molecule has 1 aliphatic rings. The van der Waals surface area contributed by atoms with Gasteiger partial charge in [-0.25, -0.2) is 0 Å². The third-order valence-corrected chi connectivity index (χ3v) is 5.70. The Morgan fingerprint density at radius 3 is 1.94 bits per heavy atom. The van der Waals surface area contributed by atoms with Crippen LogP contribution in [0.15, 0.2) is 53.3 Å². The Morgan fingerprint density at radius 2 is 1.48 bits per heavy atom. The van der Waals surface area contributed by atoms with E-state index in [1.165, 1.54) is 0 Å². The molecule has 4 nitrogen and oxygen atoms in total. The molecule has 1 aromatic heterocycles. The fourth-order valence-corrected chi connectivity index (χ4v) is 3.97. The predicted molar refractivity (Wildman–Crippen MR) is 112 cm³/mol. The van der Waals surface area contributed by atoms with Crippen LogP contribution >= 0.6 is 0 Å². The summed E-state index contributed by atoms with van der Waals surface area (Å²) in [6, 6.07) is 13.2. The van der Waals surface area contributed by atoms with Gasteiger partial charge in [0.2, 0.25) is 0 Å². The van der Waals surface area contributed by atoms with E-state index in [0.29, 0.717) is 6.07 Å². The van der Waals surface area contributed by atoms with Gasteiger partial charge in [-0.05, 0) is 58.4 Å². The average molecular weight is 426 g/mol. The largest absolute Gasteiger partial charge is 0.431 e. The number of pyridine rings is 1. The number of amides is 1. The van der Waals surface area contributed by atoms with E-state index in [2.05, 4.69) is 31.3 Å². The zero-order valence-corrected chi connectivity index (χ0v) is 17.1. The molecule has 2 aromatic carbocycles. The van der Waals surface area contributed by atoms with Crippen LogP contribution in [0.4, 0.5) is 13.2 Å². The third-order valence-electron chi connectivity index (χ3n) is 5.70. The minimum absolute atomic E-state index is 0.363. The molecule has 0 saturated heterocycles. The molecular formula is C24H21F3N2O2. The van der Waals surface area contributed by atoms with Gasteiger partial charge in [0, 0.05) is 0 Å². The average Bonchev–Trinajstić information content (AvgIpc) is 3.05. The van der Waals surface area contributed by atoms with Crippen molar-refractivity contribution in [2.45, 2.75) is 38.9 Å². The highest BCUT2D eigenvalue weighted by Gasteiger charge is 2.34. The molecule has 0 atom stereocenters. The summed E-state index contributed by atoms with van der Waals surface area (Å²) in [5.41, 5.74) is 3.55. The summed E-state index contributed by atoms with van der Waals surface area (Å²) in [5, 5.41) is 2.84. The first-order chi connectivity index (χ1) is 14.7. The Balaban J connectivity index is 1.73. The number of H-pyrrole nitrogens is 1. The number of carbonyl (C=O) groups is 1. The van der Waals surface area contributed by atoms with Crippen LogP contribution in [0.5, 0.6) is 0 Å². The summed E-state index contributed by atoms with van der Waals surface area (Å²) in [6.45, 7) is 4.13. The summed E-state index contributed by atoms with van der Waals surface area (Å²) in [7, 11) is 0. The van der Waals surface area contributed by atoms with Gasteiger partial charge in [-0.3, -0.25) is 9.59 Å². The van der Waals surface area contributed by atoms with Crippen LogP contribution in [0.2, 0.25) is 0 Å². The van der Waals surface area contributed by atoms with Gasteiger partial charge in [0.1, 0.15) is 11.3 Å². The number of benzene rings is 2. The smallest absolute Gasteiger partial charge is 0.341 e. The summed E-state index contributed by atoms with van der Waals surface area (Å²) in [6.07, 6.45) is -2.95. The molecule has 0 spiro atoms. The number of halogens is 3. The van der Waals surface area contributed by atoms with Gasteiger partial charge < -0.3 is 10.3 Å². The molecule has 0 bridgehead atoms. The Labute approximate surface area is 177 Å². The molecule has 0 radical (unpaired) electrons. The van der Waals surface area contributed by atoms with Crippen molar-refractivity contribution in [1.29, 1.82) is 0 Å². The lowest BCUT2D eigenvalue weighted by Crippen LogP contribution is -2.33. The molecule has 160 valence electrons. The topological polar surface area (TPSA) is 62.0 Å². The third kappa shape index (κ3) is 3.76. The van der Waals surface area contributed by atoms with Crippen molar-refractivity contribution in [3.63, 3.8) is 0 Å². The number of fused-ring (bicyclic) bond motifs is 3. The minimum atomic E-state index is -4.69. The summed E-state index contributed by atoms with van der Waals surface area (Å²) >= 11 is 0. The van der Waals surface area contributed by atoms with E-state index in [0.717, 1.165) is 52.3 Å². The maximum Gasteiger partial charge on any atom is 0.431 e. The Bertz CT molecular complexity index is 1170. The first-order valence-corrected chi connectivity index (χ1v) is 10.1. The number of carbonyl (C=O) groups excluding carboxylic acids is 1. The van der Waals surface area contributed by atoms with Crippen molar-refractivity contribution in [3.8, 4) is 11.1 Å². The van der Waals surface area contributed by atoms with E-state index < -0.39 is 29.4 Å². The SMILES string of the molecule is CCc1ccc2c(c1)-c1cc(CC)ccc1C2NC(=O)c1ccc(C(F)(F)F)[nH]c1=O. The molecule has 1 amide bonds. The maximum atomic E-state index is 12.8. The highest BCUT2D eigenvalue weighted by molar-refractivity contribution is 5.95. The van der Waals surface area contributed by atoms with Gasteiger partial charge >= 0.3 is 6.18 Å². The van der Waals surface area contributed by atoms with Gasteiger partial charge in [0.25, 0.3) is 11.5 Å². The first kappa shape index (κ1) is 20.9. The maximum absolute atomic E-state index is 12.8. The second-order valence-electron chi connectivity index (χ2n) is 7.57. The van der Waals surface area contributed by atoms with E-state index in [-0.39, 0.29) is 5.56 Å². The minimum Gasteiger partial charge on any atom is -0.341 e. The number of alkyl halides is 3. The molecule has 1 aliphatic carbocycles. The van der Waals surface area contributed by atoms with E-state index in [9.17, 15) is 22.8 Å². The zero-order chi connectivity index (χ0) is 22.3. The van der Waals surface area contributed by atoms with Crippen molar-refractivity contribution in [2.24, 2.45) is 0 Å². The highest BCUT2D eigenvalue weighted by Crippen LogP contribution is 2.44. The van der Waals surface area contributed by atoms with Gasteiger partial charge in [-0.2, -0.15) is 13.2 Å². The van der Waals surface area contributed by atoms with Crippen molar-refractivity contribution >= 4 is 5.91 Å². The molecule has 0 saturated carbocycles. The van der Waals surface area contributed by atoms with Gasteiger partial charge in [0.05, 0.1) is 6.04 Å². The Hall–Kier alpha value is -3.35. The van der Waals surface area contributed by atoms with E-state index in [1.54, 1.807) is 4.98 Å². The van der Waals surface area contributed by atoms with Gasteiger partial charge in [-0.15, -0.1) is 0 Å². The van der Waals surface area contributed by atoms with Gasteiger partial charge in [0.15, 0.2) is 0 Å². The normalized spacial score (nSPS) is 13.1. The molecule has 0 unspecified atom stereocenters. The van der Waals surface area contributed by atoms with Crippen LogP contribution in [0.25, 0.3) is 11.1 Å². The Morgan fingerprint density at radius 1 is 0.935 bits per heavy atom. The number of rotatable bonds is 4. The molecule has 3 aromatic rings. The van der Waals surface area contributed by atoms with Gasteiger partial charge in [-0.1, -0.05) is 50.2 Å². The van der Waals surface area contributed by atoms with Crippen LogP contribution in [0.3, 0.4) is 0 Å². The number of aromatic amines is 1. The zero-order valence-electron chi connectivity index (χ0n) is 17.1. The summed E-state index contributed by atoms with van der Waals surface area (Å²) in [5.74, 6) is -0.724. The predicted octanol–water partition coefficient (Wildman–Crippen LogP) is 5.02. The fraction of sp³-hybridized carbons (Fsp3) is 0.250. The summed E-state index contributed by atoms with van der Waals surface area (Å²) < 4.78 is 38.4. The van der Waals surface area contributed by atoms with Crippen molar-refractivity contribution in [3.05, 3.63) is 92.4 Å². The number of aryl methyl sites for hydroxylation is 2. The molecule has 7 heteroatoms. The number of aromatic nitrogens is 1. The molecule has 4 rings (SSSR count). The second-order valence-corrected chi connectivity index (χ2v) is 7.57. The molecule has 0 aliphatic heterocycles. The molecule has 2 N–H and O–H groups in total. The van der Waals surface area contributed by atoms with Crippen LogP contribution < -0.4 is 10.9 Å². The second kappa shape index (κ2) is 7.72. The standard InChI is InChI=1S/C24H21F3N2O2/c1-3-13-5-7-15-18(11-13)19-12-14(4-2)6-8-16(19)21(15)29-23(31)17-9-10-20(24(25,26)27)28-22(17)30/h5-12,21H,3-4H2,1-2H3,(H,28,30)(H,29,31). The lowest BCUT2D eigenvalue weighted by molar-refractivity contribution is -0.141. The van der Waals surface area contributed by atoms with Crippen LogP contribution in [-0.2, 0) is 19.0 Å². The number of hydrogen-bond acceptors (Lipinski definition) is 2. The molecule has 0 fully saturated rings. The molecule has 1 heterocycles. The van der Waals surface area contributed by atoms with Crippen LogP contribution in [0, 0.1) is 0 Å². The first-order valence-electron chi connectivity index (χ1n) is 10.1. The van der Waals surface area contributed by atoms with Crippen molar-refractivity contribution < 1.29 is 18.0 Å². The van der Waals surface area contributed by atoms with Crippen LogP contribution in [-0.4, -0.2) is 10.9 Å². The van der Waals surface area contributed by atoms with Crippen LogP contribution in [0.1, 0.15) is 58.2 Å². The van der Waals surface area contributed by atoms with Crippen molar-refractivity contribution in [2.75, 3.05) is 0 Å². The van der Waals surface area contributed by atoms with E-state index in [4.69, 9.17) is 0 Å².